The third kappa shape index (κ3) is 4.76. The Labute approximate surface area is 127 Å². The molecule has 0 amide bonds. The summed E-state index contributed by atoms with van der Waals surface area (Å²) in [4.78, 5) is 4.10. The second-order valence-electron chi connectivity index (χ2n) is 5.96. The van der Waals surface area contributed by atoms with Gasteiger partial charge in [0.25, 0.3) is 10.0 Å². The van der Waals surface area contributed by atoms with Crippen molar-refractivity contribution in [2.75, 3.05) is 0 Å². The Hall–Kier alpha value is -0.980. The van der Waals surface area contributed by atoms with Crippen LogP contribution in [0.15, 0.2) is 23.4 Å². The summed E-state index contributed by atoms with van der Waals surface area (Å²) in [7, 11) is -3.53. The van der Waals surface area contributed by atoms with Gasteiger partial charge in [0.15, 0.2) is 5.03 Å². The van der Waals surface area contributed by atoms with Crippen LogP contribution in [0.25, 0.3) is 0 Å². The zero-order valence-electron chi connectivity index (χ0n) is 13.0. The molecule has 21 heavy (non-hydrogen) atoms. The Morgan fingerprint density at radius 1 is 1.33 bits per heavy atom. The average molecular weight is 311 g/mol. The Morgan fingerprint density at radius 2 is 2.05 bits per heavy atom. The molecule has 0 aliphatic heterocycles. The molecule has 118 valence electrons. The van der Waals surface area contributed by atoms with Crippen LogP contribution in [0.1, 0.15) is 45.6 Å². The van der Waals surface area contributed by atoms with Crippen molar-refractivity contribution in [1.82, 2.24) is 15.0 Å². The molecule has 1 saturated carbocycles. The van der Waals surface area contributed by atoms with Crippen LogP contribution in [0.5, 0.6) is 0 Å². The number of rotatable bonds is 8. The SMILES string of the molecule is CCC(C)C(C)NS(=O)(=O)c1ccc(CNC2CC2)cn1. The molecule has 6 heteroatoms. The normalized spacial score (nSPS) is 18.4. The summed E-state index contributed by atoms with van der Waals surface area (Å²) in [5.74, 6) is 0.293. The lowest BCUT2D eigenvalue weighted by Crippen LogP contribution is -2.37. The van der Waals surface area contributed by atoms with E-state index in [4.69, 9.17) is 0 Å². The van der Waals surface area contributed by atoms with Crippen molar-refractivity contribution in [1.29, 1.82) is 0 Å². The third-order valence-corrected chi connectivity index (χ3v) is 5.56. The maximum atomic E-state index is 12.3. The van der Waals surface area contributed by atoms with E-state index >= 15 is 0 Å². The molecule has 1 aromatic rings. The molecule has 0 bridgehead atoms. The van der Waals surface area contributed by atoms with Crippen LogP contribution in [0.3, 0.4) is 0 Å². The highest BCUT2D eigenvalue weighted by molar-refractivity contribution is 7.89. The summed E-state index contributed by atoms with van der Waals surface area (Å²) in [6.07, 6.45) is 5.04. The summed E-state index contributed by atoms with van der Waals surface area (Å²) >= 11 is 0. The van der Waals surface area contributed by atoms with Crippen molar-refractivity contribution < 1.29 is 8.42 Å². The molecule has 2 atom stereocenters. The fourth-order valence-corrected chi connectivity index (χ4v) is 3.28. The first kappa shape index (κ1) is 16.4. The summed E-state index contributed by atoms with van der Waals surface area (Å²) < 4.78 is 27.2. The predicted molar refractivity (Wildman–Crippen MR) is 83.3 cm³/mol. The smallest absolute Gasteiger partial charge is 0.258 e. The molecule has 1 aliphatic rings. The number of nitrogens with one attached hydrogen (secondary N) is 2. The Kier molecular flexibility index (Phi) is 5.35. The standard InChI is InChI=1S/C15H25N3O2S/c1-4-11(2)12(3)18-21(19,20)15-8-5-13(10-17-15)9-16-14-6-7-14/h5,8,10-12,14,16,18H,4,6-7,9H2,1-3H3. The lowest BCUT2D eigenvalue weighted by molar-refractivity contribution is 0.433. The molecule has 1 aromatic heterocycles. The fourth-order valence-electron chi connectivity index (χ4n) is 2.00. The van der Waals surface area contributed by atoms with Crippen LogP contribution in [0.2, 0.25) is 0 Å². The van der Waals surface area contributed by atoms with E-state index in [1.54, 1.807) is 12.3 Å². The van der Waals surface area contributed by atoms with Gasteiger partial charge in [-0.2, -0.15) is 0 Å². The fraction of sp³-hybridized carbons (Fsp3) is 0.667. The van der Waals surface area contributed by atoms with Crippen molar-refractivity contribution in [3.63, 3.8) is 0 Å². The van der Waals surface area contributed by atoms with Crippen LogP contribution in [0, 0.1) is 5.92 Å². The number of nitrogens with zero attached hydrogens (tertiary/aromatic N) is 1. The van der Waals surface area contributed by atoms with E-state index in [9.17, 15) is 8.42 Å². The summed E-state index contributed by atoms with van der Waals surface area (Å²) in [6.45, 7) is 6.72. The average Bonchev–Trinajstić information content (AvgIpc) is 3.28. The van der Waals surface area contributed by atoms with Gasteiger partial charge in [0.05, 0.1) is 0 Å². The Balaban J connectivity index is 1.98. The van der Waals surface area contributed by atoms with Gasteiger partial charge in [-0.05, 0) is 37.3 Å². The number of aromatic nitrogens is 1. The first-order chi connectivity index (χ1) is 9.92. The largest absolute Gasteiger partial charge is 0.310 e. The Bertz CT molecular complexity index is 553. The molecule has 0 aromatic carbocycles. The van der Waals surface area contributed by atoms with Gasteiger partial charge in [-0.25, -0.2) is 18.1 Å². The molecule has 1 fully saturated rings. The van der Waals surface area contributed by atoms with Gasteiger partial charge in [-0.1, -0.05) is 26.3 Å². The number of sulfonamides is 1. The maximum Gasteiger partial charge on any atom is 0.258 e. The van der Waals surface area contributed by atoms with Gasteiger partial charge in [0.2, 0.25) is 0 Å². The topological polar surface area (TPSA) is 71.1 Å². The van der Waals surface area contributed by atoms with Gasteiger partial charge in [0, 0.05) is 24.8 Å². The molecule has 1 aliphatic carbocycles. The lowest BCUT2D eigenvalue weighted by Gasteiger charge is -2.19. The first-order valence-electron chi connectivity index (χ1n) is 7.63. The highest BCUT2D eigenvalue weighted by Crippen LogP contribution is 2.19. The molecule has 0 radical (unpaired) electrons. The van der Waals surface area contributed by atoms with Crippen molar-refractivity contribution in [2.24, 2.45) is 5.92 Å². The van der Waals surface area contributed by atoms with Crippen LogP contribution in [-0.4, -0.2) is 25.5 Å². The molecule has 1 heterocycles. The van der Waals surface area contributed by atoms with Gasteiger partial charge < -0.3 is 5.32 Å². The Morgan fingerprint density at radius 3 is 2.57 bits per heavy atom. The van der Waals surface area contributed by atoms with E-state index < -0.39 is 10.0 Å². The molecule has 2 rings (SSSR count). The van der Waals surface area contributed by atoms with Gasteiger partial charge in [-0.3, -0.25) is 0 Å². The zero-order chi connectivity index (χ0) is 15.5. The molecular weight excluding hydrogens is 286 g/mol. The van der Waals surface area contributed by atoms with E-state index in [0.29, 0.717) is 12.0 Å². The minimum atomic E-state index is -3.53. The van der Waals surface area contributed by atoms with E-state index in [1.807, 2.05) is 19.9 Å². The second-order valence-corrected chi connectivity index (χ2v) is 7.62. The molecule has 0 saturated heterocycles. The van der Waals surface area contributed by atoms with Gasteiger partial charge in [-0.15, -0.1) is 0 Å². The maximum absolute atomic E-state index is 12.3. The minimum Gasteiger partial charge on any atom is -0.310 e. The van der Waals surface area contributed by atoms with Crippen LogP contribution >= 0.6 is 0 Å². The summed E-state index contributed by atoms with van der Waals surface area (Å²) in [5, 5.41) is 3.47. The first-order valence-corrected chi connectivity index (χ1v) is 9.11. The van der Waals surface area contributed by atoms with E-state index in [1.165, 1.54) is 12.8 Å². The quantitative estimate of drug-likeness (QED) is 0.771. The number of pyridine rings is 1. The van der Waals surface area contributed by atoms with Crippen LogP contribution in [-0.2, 0) is 16.6 Å². The third-order valence-electron chi connectivity index (χ3n) is 4.08. The molecule has 0 spiro atoms. The van der Waals surface area contributed by atoms with E-state index in [-0.39, 0.29) is 11.1 Å². The van der Waals surface area contributed by atoms with Crippen LogP contribution < -0.4 is 10.0 Å². The van der Waals surface area contributed by atoms with Crippen molar-refractivity contribution in [2.45, 2.75) is 63.7 Å². The van der Waals surface area contributed by atoms with Crippen molar-refractivity contribution in [3.8, 4) is 0 Å². The second kappa shape index (κ2) is 6.85. The number of hydrogen-bond donors (Lipinski definition) is 2. The highest BCUT2D eigenvalue weighted by Gasteiger charge is 2.22. The predicted octanol–water partition coefficient (Wildman–Crippen LogP) is 2.05. The zero-order valence-corrected chi connectivity index (χ0v) is 13.8. The van der Waals surface area contributed by atoms with Gasteiger partial charge >= 0.3 is 0 Å². The number of hydrogen-bond acceptors (Lipinski definition) is 4. The minimum absolute atomic E-state index is 0.0906. The molecule has 2 N–H and O–H groups in total. The molecule has 5 nitrogen and oxygen atoms in total. The van der Waals surface area contributed by atoms with E-state index in [2.05, 4.69) is 21.9 Å². The van der Waals surface area contributed by atoms with Crippen molar-refractivity contribution in [3.05, 3.63) is 23.9 Å². The van der Waals surface area contributed by atoms with Crippen LogP contribution in [0.4, 0.5) is 0 Å². The highest BCUT2D eigenvalue weighted by atomic mass is 32.2. The van der Waals surface area contributed by atoms with Crippen molar-refractivity contribution >= 4 is 10.0 Å². The van der Waals surface area contributed by atoms with E-state index in [0.717, 1.165) is 18.5 Å². The molecule has 2 unspecified atom stereocenters. The van der Waals surface area contributed by atoms with Gasteiger partial charge in [0.1, 0.15) is 0 Å². The molecular formula is C15H25N3O2S. The summed E-state index contributed by atoms with van der Waals surface area (Å²) in [5.41, 5.74) is 1.01. The summed E-state index contributed by atoms with van der Waals surface area (Å²) in [6, 6.07) is 3.94. The monoisotopic (exact) mass is 311 g/mol. The lowest BCUT2D eigenvalue weighted by atomic mass is 10.0.